The van der Waals surface area contributed by atoms with Crippen molar-refractivity contribution in [2.24, 2.45) is 5.41 Å². The molecule has 1 spiro atoms. The maximum Gasteiger partial charge on any atom is -0.0213 e. The van der Waals surface area contributed by atoms with Crippen molar-refractivity contribution in [3.63, 3.8) is 0 Å². The van der Waals surface area contributed by atoms with Gasteiger partial charge in [0, 0.05) is 0 Å². The lowest BCUT2D eigenvalue weighted by Gasteiger charge is -2.33. The Morgan fingerprint density at radius 3 is 2.10 bits per heavy atom. The Morgan fingerprint density at radius 2 is 1.50 bits per heavy atom. The normalized spacial score (nSPS) is 19.7. The third-order valence-corrected chi connectivity index (χ3v) is 5.34. The van der Waals surface area contributed by atoms with Crippen molar-refractivity contribution in [1.82, 2.24) is 0 Å². The van der Waals surface area contributed by atoms with Crippen LogP contribution >= 0.6 is 0 Å². The van der Waals surface area contributed by atoms with Crippen LogP contribution in [0.2, 0.25) is 0 Å². The van der Waals surface area contributed by atoms with Crippen molar-refractivity contribution in [3.05, 3.63) is 34.4 Å². The number of aryl methyl sites for hydroxylation is 1. The highest BCUT2D eigenvalue weighted by Gasteiger charge is 2.39. The van der Waals surface area contributed by atoms with Crippen LogP contribution in [0, 0.1) is 12.3 Å². The first-order valence-corrected chi connectivity index (χ1v) is 8.73. The van der Waals surface area contributed by atoms with Gasteiger partial charge >= 0.3 is 0 Å². The maximum absolute atomic E-state index is 2.39. The van der Waals surface area contributed by atoms with E-state index in [1.54, 1.807) is 16.7 Å². The van der Waals surface area contributed by atoms with Crippen LogP contribution in [0.3, 0.4) is 0 Å². The quantitative estimate of drug-likeness (QED) is 0.571. The number of hydrogen-bond donors (Lipinski definition) is 0. The first-order chi connectivity index (χ1) is 9.61. The van der Waals surface area contributed by atoms with Gasteiger partial charge in [0.15, 0.2) is 0 Å². The van der Waals surface area contributed by atoms with Crippen molar-refractivity contribution in [2.75, 3.05) is 0 Å². The molecule has 3 rings (SSSR count). The van der Waals surface area contributed by atoms with Gasteiger partial charge in [0.1, 0.15) is 0 Å². The molecule has 2 aliphatic carbocycles. The molecule has 0 N–H and O–H groups in total. The average molecular weight is 272 g/mol. The summed E-state index contributed by atoms with van der Waals surface area (Å²) in [4.78, 5) is 0. The van der Waals surface area contributed by atoms with Crippen molar-refractivity contribution < 1.29 is 0 Å². The monoisotopic (exact) mass is 272 g/mol. The van der Waals surface area contributed by atoms with Crippen LogP contribution in [0.4, 0.5) is 0 Å². The van der Waals surface area contributed by atoms with Crippen molar-refractivity contribution >= 4 is 0 Å². The Kier molecular flexibility index (Phi) is 4.94. The molecule has 0 unspecified atom stereocenters. The van der Waals surface area contributed by atoms with Gasteiger partial charge in [0.2, 0.25) is 0 Å². The summed E-state index contributed by atoms with van der Waals surface area (Å²) in [5, 5.41) is 0. The molecular formula is C20H32. The standard InChI is InChI=1S/C18H26.C2H6/c1-13(2)15-8-7-14(3)16-11-18(12-17(15)16)9-5-4-6-10-18;1-2/h7-8,13H,4-6,9-12H2,1-3H3;1-2H3. The number of benzene rings is 1. The van der Waals surface area contributed by atoms with E-state index in [0.717, 1.165) is 0 Å². The van der Waals surface area contributed by atoms with Gasteiger partial charge in [-0.15, -0.1) is 0 Å². The van der Waals surface area contributed by atoms with E-state index in [1.165, 1.54) is 50.5 Å². The Bertz CT molecular complexity index is 447. The molecule has 0 bridgehead atoms. The Labute approximate surface area is 126 Å². The van der Waals surface area contributed by atoms with E-state index in [2.05, 4.69) is 32.9 Å². The van der Waals surface area contributed by atoms with Gasteiger partial charge in [0.25, 0.3) is 0 Å². The third kappa shape index (κ3) is 2.80. The van der Waals surface area contributed by atoms with Gasteiger partial charge in [-0.3, -0.25) is 0 Å². The minimum atomic E-state index is 0.649. The molecule has 1 fully saturated rings. The van der Waals surface area contributed by atoms with Crippen LogP contribution in [-0.4, -0.2) is 0 Å². The molecule has 0 heterocycles. The Morgan fingerprint density at radius 1 is 0.900 bits per heavy atom. The molecule has 0 atom stereocenters. The number of fused-ring (bicyclic) bond motifs is 1. The maximum atomic E-state index is 2.39. The molecule has 0 aliphatic heterocycles. The van der Waals surface area contributed by atoms with Crippen molar-refractivity contribution in [1.29, 1.82) is 0 Å². The van der Waals surface area contributed by atoms with Gasteiger partial charge in [-0.2, -0.15) is 0 Å². The van der Waals surface area contributed by atoms with Crippen LogP contribution in [0.5, 0.6) is 0 Å². The van der Waals surface area contributed by atoms with Gasteiger partial charge < -0.3 is 0 Å². The molecule has 2 aliphatic rings. The Hall–Kier alpha value is -0.780. The zero-order valence-electron chi connectivity index (χ0n) is 14.2. The molecule has 112 valence electrons. The summed E-state index contributed by atoms with van der Waals surface area (Å²) >= 11 is 0. The SMILES string of the molecule is CC.Cc1ccc(C(C)C)c2c1CC1(CCCCC1)C2. The van der Waals surface area contributed by atoms with Crippen LogP contribution < -0.4 is 0 Å². The van der Waals surface area contributed by atoms with E-state index < -0.39 is 0 Å². The van der Waals surface area contributed by atoms with Crippen molar-refractivity contribution in [2.45, 2.75) is 85.5 Å². The van der Waals surface area contributed by atoms with E-state index in [1.807, 2.05) is 13.8 Å². The molecule has 0 heteroatoms. The smallest absolute Gasteiger partial charge is 0.0213 e. The highest BCUT2D eigenvalue weighted by molar-refractivity contribution is 5.46. The van der Waals surface area contributed by atoms with E-state index in [4.69, 9.17) is 0 Å². The lowest BCUT2D eigenvalue weighted by molar-refractivity contribution is 0.202. The molecular weight excluding hydrogens is 240 g/mol. The second-order valence-electron chi connectivity index (χ2n) is 7.00. The fourth-order valence-electron chi connectivity index (χ4n) is 4.29. The number of rotatable bonds is 1. The summed E-state index contributed by atoms with van der Waals surface area (Å²) in [5.41, 5.74) is 7.25. The van der Waals surface area contributed by atoms with Gasteiger partial charge in [-0.05, 0) is 66.2 Å². The van der Waals surface area contributed by atoms with Crippen LogP contribution in [0.15, 0.2) is 12.1 Å². The molecule has 0 amide bonds. The molecule has 0 aromatic heterocycles. The summed E-state index contributed by atoms with van der Waals surface area (Å²) in [5.74, 6) is 0.679. The minimum absolute atomic E-state index is 0.649. The van der Waals surface area contributed by atoms with Gasteiger partial charge in [-0.25, -0.2) is 0 Å². The molecule has 0 nitrogen and oxygen atoms in total. The summed E-state index contributed by atoms with van der Waals surface area (Å²) in [7, 11) is 0. The number of hydrogen-bond acceptors (Lipinski definition) is 0. The summed E-state index contributed by atoms with van der Waals surface area (Å²) < 4.78 is 0. The van der Waals surface area contributed by atoms with E-state index in [-0.39, 0.29) is 0 Å². The lowest BCUT2D eigenvalue weighted by atomic mass is 9.72. The molecule has 1 aromatic rings. The fourth-order valence-corrected chi connectivity index (χ4v) is 4.29. The van der Waals surface area contributed by atoms with E-state index in [0.29, 0.717) is 11.3 Å². The van der Waals surface area contributed by atoms with Gasteiger partial charge in [-0.1, -0.05) is 59.1 Å². The highest BCUT2D eigenvalue weighted by atomic mass is 14.4. The topological polar surface area (TPSA) is 0 Å². The fraction of sp³-hybridized carbons (Fsp3) is 0.700. The zero-order valence-corrected chi connectivity index (χ0v) is 14.2. The second-order valence-corrected chi connectivity index (χ2v) is 7.00. The predicted octanol–water partition coefficient (Wildman–Crippen LogP) is 6.19. The first kappa shape index (κ1) is 15.6. The van der Waals surface area contributed by atoms with Crippen LogP contribution in [-0.2, 0) is 12.8 Å². The van der Waals surface area contributed by atoms with Crippen LogP contribution in [0.25, 0.3) is 0 Å². The molecule has 0 radical (unpaired) electrons. The van der Waals surface area contributed by atoms with E-state index in [9.17, 15) is 0 Å². The molecule has 0 saturated heterocycles. The third-order valence-electron chi connectivity index (χ3n) is 5.34. The second kappa shape index (κ2) is 6.33. The highest BCUT2D eigenvalue weighted by Crippen LogP contribution is 2.49. The predicted molar refractivity (Wildman–Crippen MR) is 89.5 cm³/mol. The average Bonchev–Trinajstić information content (AvgIpc) is 2.81. The molecule has 1 aromatic carbocycles. The summed E-state index contributed by atoms with van der Waals surface area (Å²) in [6, 6.07) is 4.75. The lowest BCUT2D eigenvalue weighted by Crippen LogP contribution is -2.24. The first-order valence-electron chi connectivity index (χ1n) is 8.73. The zero-order chi connectivity index (χ0) is 14.8. The van der Waals surface area contributed by atoms with Gasteiger partial charge in [0.05, 0.1) is 0 Å². The molecule has 20 heavy (non-hydrogen) atoms. The summed E-state index contributed by atoms with van der Waals surface area (Å²) in [6.45, 7) is 11.0. The minimum Gasteiger partial charge on any atom is -0.0683 e. The van der Waals surface area contributed by atoms with Crippen LogP contribution in [0.1, 0.15) is 88.0 Å². The Balaban J connectivity index is 0.000000704. The van der Waals surface area contributed by atoms with Crippen molar-refractivity contribution in [3.8, 4) is 0 Å². The van der Waals surface area contributed by atoms with E-state index >= 15 is 0 Å². The largest absolute Gasteiger partial charge is 0.0683 e. The summed E-state index contributed by atoms with van der Waals surface area (Å²) in [6.07, 6.45) is 10.1. The molecule has 1 saturated carbocycles.